The minimum Gasteiger partial charge on any atom is -0.336 e. The summed E-state index contributed by atoms with van der Waals surface area (Å²) < 4.78 is 29.1. The lowest BCUT2D eigenvalue weighted by molar-refractivity contribution is 0.0697. The van der Waals surface area contributed by atoms with Crippen LogP contribution in [0.2, 0.25) is 10.0 Å². The maximum Gasteiger partial charge on any atom is 0.257 e. The first-order chi connectivity index (χ1) is 14.8. The van der Waals surface area contributed by atoms with E-state index < -0.39 is 10.0 Å². The number of hydrogen-bond donors (Lipinski definition) is 0. The predicted molar refractivity (Wildman–Crippen MR) is 119 cm³/mol. The number of sulfonamides is 1. The predicted octanol–water partition coefficient (Wildman–Crippen LogP) is 3.63. The summed E-state index contributed by atoms with van der Waals surface area (Å²) >= 11 is 12.2. The van der Waals surface area contributed by atoms with Gasteiger partial charge >= 0.3 is 0 Å². The van der Waals surface area contributed by atoms with Crippen LogP contribution in [0.1, 0.15) is 16.1 Å². The van der Waals surface area contributed by atoms with Crippen LogP contribution in [0.25, 0.3) is 5.69 Å². The average Bonchev–Trinajstić information content (AvgIpc) is 3.15. The van der Waals surface area contributed by atoms with Gasteiger partial charge in [-0.3, -0.25) is 4.79 Å². The van der Waals surface area contributed by atoms with E-state index in [0.717, 1.165) is 11.4 Å². The lowest BCUT2D eigenvalue weighted by Gasteiger charge is -2.34. The van der Waals surface area contributed by atoms with Gasteiger partial charge in [0.05, 0.1) is 33.2 Å². The van der Waals surface area contributed by atoms with Crippen molar-refractivity contribution >= 4 is 39.1 Å². The molecule has 7 nitrogen and oxygen atoms in total. The third-order valence-corrected chi connectivity index (χ3v) is 8.14. The first kappa shape index (κ1) is 21.8. The quantitative estimate of drug-likeness (QED) is 0.573. The number of nitrogens with zero attached hydrogens (tertiary/aromatic N) is 4. The molecule has 1 aliphatic heterocycles. The van der Waals surface area contributed by atoms with Gasteiger partial charge in [0.2, 0.25) is 10.0 Å². The third-order valence-electron chi connectivity index (χ3n) is 5.28. The van der Waals surface area contributed by atoms with Gasteiger partial charge < -0.3 is 4.90 Å². The van der Waals surface area contributed by atoms with Crippen molar-refractivity contribution < 1.29 is 13.2 Å². The van der Waals surface area contributed by atoms with Crippen LogP contribution in [-0.2, 0) is 10.0 Å². The third kappa shape index (κ3) is 4.08. The number of rotatable bonds is 4. The molecule has 1 aliphatic rings. The molecule has 0 bridgehead atoms. The number of piperazine rings is 1. The van der Waals surface area contributed by atoms with Gasteiger partial charge in [-0.15, -0.1) is 0 Å². The highest BCUT2D eigenvalue weighted by Crippen LogP contribution is 2.32. The van der Waals surface area contributed by atoms with Crippen LogP contribution in [0.3, 0.4) is 0 Å². The van der Waals surface area contributed by atoms with Crippen molar-refractivity contribution in [2.24, 2.45) is 0 Å². The first-order valence-electron chi connectivity index (χ1n) is 9.64. The van der Waals surface area contributed by atoms with Crippen LogP contribution in [0.5, 0.6) is 0 Å². The molecule has 162 valence electrons. The number of carbonyl (C=O) groups excluding carboxylic acids is 1. The van der Waals surface area contributed by atoms with E-state index in [-0.39, 0.29) is 47.0 Å². The fraction of sp³-hybridized carbons (Fsp3) is 0.238. The summed E-state index contributed by atoms with van der Waals surface area (Å²) in [6.07, 6.45) is 1.55. The molecule has 2 heterocycles. The molecule has 0 radical (unpaired) electrons. The van der Waals surface area contributed by atoms with E-state index in [1.165, 1.54) is 16.4 Å². The molecule has 1 saturated heterocycles. The second-order valence-electron chi connectivity index (χ2n) is 7.14. The van der Waals surface area contributed by atoms with Crippen LogP contribution in [0.15, 0.2) is 59.6 Å². The highest BCUT2D eigenvalue weighted by Gasteiger charge is 2.33. The molecule has 2 aromatic carbocycles. The number of hydrogen-bond acceptors (Lipinski definition) is 4. The van der Waals surface area contributed by atoms with Crippen molar-refractivity contribution in [3.8, 4) is 5.69 Å². The molecule has 0 atom stereocenters. The lowest BCUT2D eigenvalue weighted by atomic mass is 10.2. The molecule has 1 aromatic heterocycles. The summed E-state index contributed by atoms with van der Waals surface area (Å²) in [6.45, 7) is 2.67. The molecule has 0 unspecified atom stereocenters. The summed E-state index contributed by atoms with van der Waals surface area (Å²) in [6, 6.07) is 14.1. The molecule has 31 heavy (non-hydrogen) atoms. The zero-order chi connectivity index (χ0) is 22.2. The van der Waals surface area contributed by atoms with E-state index in [4.69, 9.17) is 23.2 Å². The van der Waals surface area contributed by atoms with E-state index >= 15 is 0 Å². The highest BCUT2D eigenvalue weighted by atomic mass is 35.5. The van der Waals surface area contributed by atoms with Crippen LogP contribution in [0, 0.1) is 6.92 Å². The summed E-state index contributed by atoms with van der Waals surface area (Å²) in [7, 11) is -3.86. The molecule has 0 aliphatic carbocycles. The Hall–Kier alpha value is -2.39. The average molecular weight is 479 g/mol. The van der Waals surface area contributed by atoms with Gasteiger partial charge in [-0.05, 0) is 31.2 Å². The fourth-order valence-corrected chi connectivity index (χ4v) is 6.12. The molecule has 0 saturated carbocycles. The number of carbonyl (C=O) groups is 1. The lowest BCUT2D eigenvalue weighted by Crippen LogP contribution is -2.50. The van der Waals surface area contributed by atoms with Crippen molar-refractivity contribution in [1.29, 1.82) is 0 Å². The fourth-order valence-electron chi connectivity index (χ4n) is 3.61. The maximum atomic E-state index is 13.1. The van der Waals surface area contributed by atoms with Gasteiger partial charge in [0.15, 0.2) is 0 Å². The van der Waals surface area contributed by atoms with Crippen molar-refractivity contribution in [2.45, 2.75) is 11.8 Å². The van der Waals surface area contributed by atoms with Crippen LogP contribution in [0.4, 0.5) is 0 Å². The first-order valence-corrected chi connectivity index (χ1v) is 11.8. The van der Waals surface area contributed by atoms with Gasteiger partial charge in [0, 0.05) is 26.2 Å². The summed E-state index contributed by atoms with van der Waals surface area (Å²) in [5.74, 6) is -0.174. The zero-order valence-electron chi connectivity index (χ0n) is 16.7. The Kier molecular flexibility index (Phi) is 6.07. The maximum absolute atomic E-state index is 13.1. The van der Waals surface area contributed by atoms with E-state index in [1.54, 1.807) is 21.8 Å². The van der Waals surface area contributed by atoms with Gasteiger partial charge in [-0.2, -0.15) is 9.40 Å². The number of aromatic nitrogens is 2. The Morgan fingerprint density at radius 3 is 2.16 bits per heavy atom. The second-order valence-corrected chi connectivity index (χ2v) is 9.83. The number of amides is 1. The van der Waals surface area contributed by atoms with E-state index in [9.17, 15) is 13.2 Å². The monoisotopic (exact) mass is 478 g/mol. The molecular weight excluding hydrogens is 459 g/mol. The minimum absolute atomic E-state index is 0.0787. The van der Waals surface area contributed by atoms with Gasteiger partial charge in [0.1, 0.15) is 4.90 Å². The number of para-hydroxylation sites is 1. The van der Waals surface area contributed by atoms with E-state index in [1.807, 2.05) is 37.3 Å². The largest absolute Gasteiger partial charge is 0.336 e. The molecule has 4 rings (SSSR count). The van der Waals surface area contributed by atoms with Gasteiger partial charge in [-0.1, -0.05) is 47.5 Å². The normalized spacial score (nSPS) is 15.3. The molecule has 0 N–H and O–H groups in total. The highest BCUT2D eigenvalue weighted by molar-refractivity contribution is 7.89. The topological polar surface area (TPSA) is 75.5 Å². The summed E-state index contributed by atoms with van der Waals surface area (Å²) in [5.41, 5.74) is 2.09. The molecule has 1 fully saturated rings. The van der Waals surface area contributed by atoms with E-state index in [0.29, 0.717) is 5.56 Å². The minimum atomic E-state index is -3.86. The van der Waals surface area contributed by atoms with Gasteiger partial charge in [0.25, 0.3) is 5.91 Å². The summed E-state index contributed by atoms with van der Waals surface area (Å²) in [5, 5.41) is 4.51. The van der Waals surface area contributed by atoms with Crippen molar-refractivity contribution in [2.75, 3.05) is 26.2 Å². The van der Waals surface area contributed by atoms with E-state index in [2.05, 4.69) is 5.10 Å². The smallest absolute Gasteiger partial charge is 0.257 e. The molecule has 10 heteroatoms. The number of benzene rings is 2. The Bertz CT molecular complexity index is 1200. The van der Waals surface area contributed by atoms with Crippen molar-refractivity contribution in [3.05, 3.63) is 76.0 Å². The Labute approximate surface area is 190 Å². The second kappa shape index (κ2) is 8.63. The van der Waals surface area contributed by atoms with Crippen molar-refractivity contribution in [3.63, 3.8) is 0 Å². The summed E-state index contributed by atoms with van der Waals surface area (Å²) in [4.78, 5) is 14.6. The Morgan fingerprint density at radius 2 is 1.55 bits per heavy atom. The zero-order valence-corrected chi connectivity index (χ0v) is 19.0. The molecule has 0 spiro atoms. The SMILES string of the molecule is Cc1c(C(=O)N2CCN(S(=O)(=O)c3c(Cl)cccc3Cl)CC2)cnn1-c1ccccc1. The van der Waals surface area contributed by atoms with Crippen LogP contribution >= 0.6 is 23.2 Å². The standard InChI is InChI=1S/C21H20Cl2N4O3S/c1-15-17(14-24-27(15)16-6-3-2-4-7-16)21(28)25-10-12-26(13-11-25)31(29,30)20-18(22)8-5-9-19(20)23/h2-9,14H,10-13H2,1H3. The van der Waals surface area contributed by atoms with Crippen LogP contribution < -0.4 is 0 Å². The Balaban J connectivity index is 1.50. The number of halogens is 2. The van der Waals surface area contributed by atoms with Crippen molar-refractivity contribution in [1.82, 2.24) is 19.0 Å². The van der Waals surface area contributed by atoms with Gasteiger partial charge in [-0.25, -0.2) is 13.1 Å². The Morgan fingerprint density at radius 1 is 0.935 bits per heavy atom. The van der Waals surface area contributed by atoms with Crippen LogP contribution in [-0.4, -0.2) is 59.5 Å². The molecule has 1 amide bonds. The molecule has 3 aromatic rings. The molecular formula is C21H20Cl2N4O3S.